The molecule has 0 saturated carbocycles. The van der Waals surface area contributed by atoms with E-state index in [1.165, 1.54) is 10.6 Å². The minimum absolute atomic E-state index is 0.00255. The van der Waals surface area contributed by atoms with Gasteiger partial charge in [0.15, 0.2) is 11.5 Å². The Morgan fingerprint density at radius 1 is 1.07 bits per heavy atom. The van der Waals surface area contributed by atoms with Gasteiger partial charge in [0, 0.05) is 43.4 Å². The highest BCUT2D eigenvalue weighted by atomic mass is 32.2. The van der Waals surface area contributed by atoms with E-state index in [4.69, 9.17) is 9.47 Å². The van der Waals surface area contributed by atoms with Gasteiger partial charge in [-0.3, -0.25) is 14.2 Å². The van der Waals surface area contributed by atoms with E-state index in [0.717, 1.165) is 15.9 Å². The van der Waals surface area contributed by atoms with Crippen molar-refractivity contribution in [2.75, 3.05) is 44.2 Å². The Morgan fingerprint density at radius 2 is 1.80 bits per heavy atom. The number of rotatable bonds is 7. The normalized spacial score (nSPS) is 17.5. The first-order valence-corrected chi connectivity index (χ1v) is 15.2. The predicted octanol–water partition coefficient (Wildman–Crippen LogP) is 1.02. The fourth-order valence-corrected chi connectivity index (χ4v) is 7.94. The minimum Gasteiger partial charge on any atom is -0.486 e. The van der Waals surface area contributed by atoms with Crippen molar-refractivity contribution < 1.29 is 22.7 Å². The topological polar surface area (TPSA) is 149 Å². The fourth-order valence-electron chi connectivity index (χ4n) is 4.85. The number of aromatic nitrogens is 4. The second-order valence-corrected chi connectivity index (χ2v) is 12.7. The summed E-state index contributed by atoms with van der Waals surface area (Å²) >= 11 is 1.14. The van der Waals surface area contributed by atoms with Gasteiger partial charge in [-0.2, -0.15) is 4.31 Å². The lowest BCUT2D eigenvalue weighted by molar-refractivity contribution is -0.122. The number of nitrogens with one attached hydrogen (secondary N) is 1. The quantitative estimate of drug-likeness (QED) is 0.327. The van der Waals surface area contributed by atoms with Gasteiger partial charge in [-0.25, -0.2) is 23.4 Å². The number of anilines is 1. The zero-order valence-electron chi connectivity index (χ0n) is 22.1. The number of ether oxygens (including phenoxy) is 2. The number of carbonyl (C=O) groups is 1. The van der Waals surface area contributed by atoms with Crippen LogP contribution < -0.4 is 25.2 Å². The highest BCUT2D eigenvalue weighted by Gasteiger charge is 2.34. The van der Waals surface area contributed by atoms with Crippen LogP contribution in [0.4, 0.5) is 5.95 Å². The number of aryl methyl sites for hydroxylation is 1. The summed E-state index contributed by atoms with van der Waals surface area (Å²) in [6.07, 6.45) is 4.16. The van der Waals surface area contributed by atoms with Crippen molar-refractivity contribution >= 4 is 43.4 Å². The zero-order chi connectivity index (χ0) is 28.6. The number of fused-ring (bicyclic) bond motifs is 2. The molecule has 5 heterocycles. The molecule has 2 aliphatic heterocycles. The van der Waals surface area contributed by atoms with Gasteiger partial charge in [-0.05, 0) is 25.1 Å². The second-order valence-electron chi connectivity index (χ2n) is 9.59. The van der Waals surface area contributed by atoms with Crippen molar-refractivity contribution in [2.24, 2.45) is 0 Å². The van der Waals surface area contributed by atoms with Crippen LogP contribution in [0, 0.1) is 6.92 Å². The summed E-state index contributed by atoms with van der Waals surface area (Å²) in [6, 6.07) is 8.99. The van der Waals surface area contributed by atoms with Gasteiger partial charge in [0.25, 0.3) is 5.56 Å². The minimum atomic E-state index is -4.01. The maximum atomic E-state index is 13.8. The Labute approximate surface area is 239 Å². The molecule has 1 saturated heterocycles. The van der Waals surface area contributed by atoms with Gasteiger partial charge < -0.3 is 19.7 Å². The van der Waals surface area contributed by atoms with Crippen LogP contribution in [0.3, 0.4) is 0 Å². The first-order chi connectivity index (χ1) is 19.8. The SMILES string of the molecule is Cc1sc2ncn(CC(=O)NC[C@@H]3COc4ccccc4O3)c(=O)c2c1S(=O)(=O)N1CCN(c2ncccn2)CC1. The first-order valence-electron chi connectivity index (χ1n) is 13.0. The Balaban J connectivity index is 1.16. The van der Waals surface area contributed by atoms with Gasteiger partial charge in [0.2, 0.25) is 21.9 Å². The third-order valence-electron chi connectivity index (χ3n) is 6.88. The summed E-state index contributed by atoms with van der Waals surface area (Å²) in [7, 11) is -4.01. The molecule has 0 aliphatic carbocycles. The number of benzene rings is 1. The summed E-state index contributed by atoms with van der Waals surface area (Å²) in [5.74, 6) is 1.34. The van der Waals surface area contributed by atoms with Crippen LogP contribution in [0.25, 0.3) is 10.2 Å². The molecule has 1 fully saturated rings. The Bertz CT molecular complexity index is 1750. The van der Waals surface area contributed by atoms with E-state index in [0.29, 0.717) is 40.2 Å². The molecular weight excluding hydrogens is 570 g/mol. The van der Waals surface area contributed by atoms with E-state index in [1.54, 1.807) is 37.5 Å². The molecule has 0 unspecified atom stereocenters. The van der Waals surface area contributed by atoms with Gasteiger partial charge in [0.1, 0.15) is 29.0 Å². The molecule has 1 atom stereocenters. The Kier molecular flexibility index (Phi) is 7.32. The largest absolute Gasteiger partial charge is 0.486 e. The van der Waals surface area contributed by atoms with Crippen molar-refractivity contribution in [3.05, 3.63) is 64.3 Å². The van der Waals surface area contributed by atoms with Crippen LogP contribution in [0.5, 0.6) is 11.5 Å². The number of nitrogens with zero attached hydrogens (tertiary/aromatic N) is 6. The maximum absolute atomic E-state index is 13.8. The van der Waals surface area contributed by atoms with Crippen LogP contribution in [-0.2, 0) is 21.4 Å². The van der Waals surface area contributed by atoms with E-state index < -0.39 is 27.6 Å². The molecule has 0 radical (unpaired) electrons. The summed E-state index contributed by atoms with van der Waals surface area (Å²) in [4.78, 5) is 41.7. The molecule has 6 rings (SSSR count). The van der Waals surface area contributed by atoms with Gasteiger partial charge >= 0.3 is 0 Å². The number of amides is 1. The number of hydrogen-bond donors (Lipinski definition) is 1. The van der Waals surface area contributed by atoms with E-state index in [9.17, 15) is 18.0 Å². The van der Waals surface area contributed by atoms with Gasteiger partial charge in [-0.15, -0.1) is 11.3 Å². The molecule has 0 spiro atoms. The van der Waals surface area contributed by atoms with E-state index >= 15 is 0 Å². The number of sulfonamides is 1. The van der Waals surface area contributed by atoms with Crippen molar-refractivity contribution in [3.8, 4) is 11.5 Å². The number of piperazine rings is 1. The molecule has 2 aliphatic rings. The Morgan fingerprint density at radius 3 is 2.56 bits per heavy atom. The molecular formula is C26H27N7O6S2. The Hall–Kier alpha value is -4.08. The van der Waals surface area contributed by atoms with Crippen LogP contribution in [0.1, 0.15) is 4.88 Å². The molecule has 41 heavy (non-hydrogen) atoms. The third kappa shape index (κ3) is 5.35. The van der Waals surface area contributed by atoms with Crippen LogP contribution >= 0.6 is 11.3 Å². The molecule has 13 nitrogen and oxygen atoms in total. The summed E-state index contributed by atoms with van der Waals surface area (Å²) in [5, 5.41) is 2.75. The highest BCUT2D eigenvalue weighted by molar-refractivity contribution is 7.89. The summed E-state index contributed by atoms with van der Waals surface area (Å²) < 4.78 is 41.6. The van der Waals surface area contributed by atoms with E-state index in [-0.39, 0.29) is 43.1 Å². The van der Waals surface area contributed by atoms with Crippen molar-refractivity contribution in [1.82, 2.24) is 29.1 Å². The predicted molar refractivity (Wildman–Crippen MR) is 151 cm³/mol. The fraction of sp³-hybridized carbons (Fsp3) is 0.346. The average molecular weight is 598 g/mol. The van der Waals surface area contributed by atoms with Gasteiger partial charge in [0.05, 0.1) is 18.3 Å². The first kappa shape index (κ1) is 27.1. The standard InChI is InChI=1S/C26H27N7O6S2/c1-17-23(41(36,37)33-11-9-31(10-12-33)26-27-7-4-8-28-26)22-24(40-17)30-16-32(25(22)35)14-21(34)29-13-18-15-38-19-5-2-3-6-20(19)39-18/h2-8,16,18H,9-15H2,1H3,(H,29,34)/t18-/m1/s1. The molecule has 1 N–H and O–H groups in total. The summed E-state index contributed by atoms with van der Waals surface area (Å²) in [6.45, 7) is 3.03. The number of carbonyl (C=O) groups excluding carboxylic acids is 1. The monoisotopic (exact) mass is 597 g/mol. The molecule has 214 valence electrons. The smallest absolute Gasteiger partial charge is 0.263 e. The van der Waals surface area contributed by atoms with Crippen LogP contribution in [-0.4, -0.2) is 83.6 Å². The third-order valence-corrected chi connectivity index (χ3v) is 10.1. The van der Waals surface area contributed by atoms with Gasteiger partial charge in [-0.1, -0.05) is 12.1 Å². The maximum Gasteiger partial charge on any atom is 0.263 e. The highest BCUT2D eigenvalue weighted by Crippen LogP contribution is 2.33. The zero-order valence-corrected chi connectivity index (χ0v) is 23.7. The van der Waals surface area contributed by atoms with Crippen molar-refractivity contribution in [3.63, 3.8) is 0 Å². The van der Waals surface area contributed by atoms with Crippen LogP contribution in [0.2, 0.25) is 0 Å². The molecule has 1 aromatic carbocycles. The average Bonchev–Trinajstić information content (AvgIpc) is 3.35. The summed E-state index contributed by atoms with van der Waals surface area (Å²) in [5.41, 5.74) is -0.587. The molecule has 1 amide bonds. The molecule has 3 aromatic heterocycles. The lowest BCUT2D eigenvalue weighted by Crippen LogP contribution is -2.49. The van der Waals surface area contributed by atoms with E-state index in [2.05, 4.69) is 20.3 Å². The second kappa shape index (κ2) is 11.1. The molecule has 15 heteroatoms. The van der Waals surface area contributed by atoms with E-state index in [1.807, 2.05) is 17.0 Å². The number of hydrogen-bond acceptors (Lipinski definition) is 11. The lowest BCUT2D eigenvalue weighted by Gasteiger charge is -2.33. The van der Waals surface area contributed by atoms with Crippen molar-refractivity contribution in [1.29, 1.82) is 0 Å². The van der Waals surface area contributed by atoms with Crippen molar-refractivity contribution in [2.45, 2.75) is 24.5 Å². The van der Waals surface area contributed by atoms with Crippen LogP contribution in [0.15, 0.2) is 58.7 Å². The lowest BCUT2D eigenvalue weighted by atomic mass is 10.2. The molecule has 4 aromatic rings. The molecule has 0 bridgehead atoms. The number of thiophene rings is 1. The number of para-hydroxylation sites is 2.